The molecule has 19 heavy (non-hydrogen) atoms. The minimum atomic E-state index is -4.47. The molecule has 0 saturated heterocycles. The zero-order valence-electron chi connectivity index (χ0n) is 9.52. The molecule has 0 aliphatic carbocycles. The molecule has 2 rings (SSSR count). The third-order valence-corrected chi connectivity index (χ3v) is 4.27. The molecule has 2 aromatic rings. The van der Waals surface area contributed by atoms with Crippen LogP contribution in [-0.2, 0) is 10.1 Å². The van der Waals surface area contributed by atoms with Crippen molar-refractivity contribution in [3.63, 3.8) is 0 Å². The van der Waals surface area contributed by atoms with Gasteiger partial charge in [0.1, 0.15) is 4.90 Å². The van der Waals surface area contributed by atoms with Gasteiger partial charge in [-0.2, -0.15) is 8.42 Å². The summed E-state index contributed by atoms with van der Waals surface area (Å²) in [7, 11) is -4.47. The van der Waals surface area contributed by atoms with Crippen LogP contribution in [0.1, 0.15) is 5.69 Å². The van der Waals surface area contributed by atoms with Gasteiger partial charge >= 0.3 is 0 Å². The third kappa shape index (κ3) is 2.55. The first-order valence-corrected chi connectivity index (χ1v) is 7.16. The average molecular weight is 323 g/mol. The molecule has 0 radical (unpaired) electrons. The highest BCUT2D eigenvalue weighted by Crippen LogP contribution is 2.33. The largest absolute Gasteiger partial charge is 0.296 e. The van der Waals surface area contributed by atoms with Gasteiger partial charge in [0.05, 0.1) is 15.7 Å². The third-order valence-electron chi connectivity index (χ3n) is 2.39. The molecule has 0 atom stereocenters. The Morgan fingerprint density at radius 1 is 1.26 bits per heavy atom. The van der Waals surface area contributed by atoms with Crippen molar-refractivity contribution in [2.45, 2.75) is 11.8 Å². The highest BCUT2D eigenvalue weighted by molar-refractivity contribution is 7.86. The second-order valence-electron chi connectivity index (χ2n) is 3.80. The van der Waals surface area contributed by atoms with Crippen LogP contribution in [0.3, 0.4) is 0 Å². The number of hydrogen-bond acceptors (Lipinski definition) is 3. The van der Waals surface area contributed by atoms with Gasteiger partial charge in [-0.1, -0.05) is 23.2 Å². The molecule has 0 unspecified atom stereocenters. The Bertz CT molecular complexity index is 807. The van der Waals surface area contributed by atoms with Gasteiger partial charge in [-0.3, -0.25) is 14.4 Å². The summed E-state index contributed by atoms with van der Waals surface area (Å²) in [6.45, 7) is 1.68. The fourth-order valence-corrected chi connectivity index (χ4v) is 2.91. The lowest BCUT2D eigenvalue weighted by Crippen LogP contribution is -2.14. The SMILES string of the molecule is Cc1cc(=O)n(-c2ccc(S(=O)(=O)O)c(Cl)c2Cl)[nH]1. The van der Waals surface area contributed by atoms with Crippen molar-refractivity contribution >= 4 is 33.3 Å². The second-order valence-corrected chi connectivity index (χ2v) is 5.94. The molecule has 9 heteroatoms. The van der Waals surface area contributed by atoms with Crippen molar-refractivity contribution in [2.24, 2.45) is 0 Å². The van der Waals surface area contributed by atoms with Crippen LogP contribution in [0.25, 0.3) is 5.69 Å². The first kappa shape index (κ1) is 14.1. The predicted octanol–water partition coefficient (Wildman–Crippen LogP) is 2.03. The fraction of sp³-hybridized carbons (Fsp3) is 0.100. The summed E-state index contributed by atoms with van der Waals surface area (Å²) in [6, 6.07) is 3.69. The van der Waals surface area contributed by atoms with Gasteiger partial charge in [-0.15, -0.1) is 0 Å². The lowest BCUT2D eigenvalue weighted by atomic mass is 10.3. The van der Waals surface area contributed by atoms with Crippen LogP contribution >= 0.6 is 23.2 Å². The van der Waals surface area contributed by atoms with Crippen molar-refractivity contribution in [1.29, 1.82) is 0 Å². The van der Waals surface area contributed by atoms with E-state index in [0.29, 0.717) is 5.69 Å². The van der Waals surface area contributed by atoms with Gasteiger partial charge in [-0.05, 0) is 19.1 Å². The molecule has 1 aromatic carbocycles. The average Bonchev–Trinajstić information content (AvgIpc) is 2.60. The number of rotatable bonds is 2. The minimum Gasteiger partial charge on any atom is -0.295 e. The first-order valence-electron chi connectivity index (χ1n) is 4.96. The molecule has 0 spiro atoms. The standard InChI is InChI=1S/C10H8Cl2N2O4S/c1-5-4-8(15)14(13-5)6-2-3-7(19(16,17)18)10(12)9(6)11/h2-4,13H,1H3,(H,16,17,18). The van der Waals surface area contributed by atoms with Crippen molar-refractivity contribution < 1.29 is 13.0 Å². The number of benzene rings is 1. The van der Waals surface area contributed by atoms with E-state index in [9.17, 15) is 13.2 Å². The molecule has 0 bridgehead atoms. The first-order chi connectivity index (χ1) is 8.71. The molecular formula is C10H8Cl2N2O4S. The summed E-state index contributed by atoms with van der Waals surface area (Å²) in [5.74, 6) is 0. The van der Waals surface area contributed by atoms with Crippen molar-refractivity contribution in [3.05, 3.63) is 44.3 Å². The van der Waals surface area contributed by atoms with Gasteiger partial charge in [0, 0.05) is 11.8 Å². The molecule has 102 valence electrons. The van der Waals surface area contributed by atoms with Gasteiger partial charge < -0.3 is 0 Å². The van der Waals surface area contributed by atoms with Crippen LogP contribution in [0.2, 0.25) is 10.0 Å². The van der Waals surface area contributed by atoms with Crippen LogP contribution in [0.4, 0.5) is 0 Å². The number of nitrogens with one attached hydrogen (secondary N) is 1. The summed E-state index contributed by atoms with van der Waals surface area (Å²) in [5.41, 5.74) is 0.434. The van der Waals surface area contributed by atoms with E-state index in [1.807, 2.05) is 0 Å². The summed E-state index contributed by atoms with van der Waals surface area (Å²) >= 11 is 11.7. The van der Waals surface area contributed by atoms with Crippen LogP contribution in [0.15, 0.2) is 27.9 Å². The summed E-state index contributed by atoms with van der Waals surface area (Å²) < 4.78 is 32.2. The zero-order valence-corrected chi connectivity index (χ0v) is 11.8. The van der Waals surface area contributed by atoms with E-state index in [0.717, 1.165) is 10.7 Å². The minimum absolute atomic E-state index is 0.152. The molecule has 0 fully saturated rings. The zero-order chi connectivity index (χ0) is 14.4. The smallest absolute Gasteiger partial charge is 0.295 e. The topological polar surface area (TPSA) is 92.2 Å². The van der Waals surface area contributed by atoms with E-state index in [1.54, 1.807) is 6.92 Å². The number of aromatic amines is 1. The lowest BCUT2D eigenvalue weighted by molar-refractivity contribution is 0.483. The molecule has 6 nitrogen and oxygen atoms in total. The Balaban J connectivity index is 2.73. The maximum Gasteiger partial charge on any atom is 0.296 e. The van der Waals surface area contributed by atoms with E-state index in [1.165, 1.54) is 12.1 Å². The number of aryl methyl sites for hydroxylation is 1. The van der Waals surface area contributed by atoms with Gasteiger partial charge in [-0.25, -0.2) is 4.68 Å². The summed E-state index contributed by atoms with van der Waals surface area (Å²) in [5, 5.41) is 2.24. The number of hydrogen-bond donors (Lipinski definition) is 2. The fourth-order valence-electron chi connectivity index (χ4n) is 1.59. The molecular weight excluding hydrogens is 315 g/mol. The quantitative estimate of drug-likeness (QED) is 0.827. The van der Waals surface area contributed by atoms with Crippen molar-refractivity contribution in [1.82, 2.24) is 9.78 Å². The lowest BCUT2D eigenvalue weighted by Gasteiger charge is -2.09. The molecule has 2 N–H and O–H groups in total. The Morgan fingerprint density at radius 2 is 1.89 bits per heavy atom. The van der Waals surface area contributed by atoms with Crippen LogP contribution in [0.5, 0.6) is 0 Å². The highest BCUT2D eigenvalue weighted by Gasteiger charge is 2.20. The van der Waals surface area contributed by atoms with Crippen LogP contribution in [0, 0.1) is 6.92 Å². The van der Waals surface area contributed by atoms with E-state index in [-0.39, 0.29) is 21.3 Å². The molecule has 1 aromatic heterocycles. The van der Waals surface area contributed by atoms with Gasteiger partial charge in [0.25, 0.3) is 15.7 Å². The second kappa shape index (κ2) is 4.68. The Hall–Kier alpha value is -1.28. The molecule has 0 aliphatic heterocycles. The molecule has 0 aliphatic rings. The molecule has 0 amide bonds. The maximum absolute atomic E-state index is 11.6. The summed E-state index contributed by atoms with van der Waals surface area (Å²) in [6.07, 6.45) is 0. The number of halogens is 2. The normalized spacial score (nSPS) is 11.8. The maximum atomic E-state index is 11.6. The number of H-pyrrole nitrogens is 1. The van der Waals surface area contributed by atoms with Crippen LogP contribution in [-0.4, -0.2) is 22.8 Å². The van der Waals surface area contributed by atoms with Gasteiger partial charge in [0.2, 0.25) is 0 Å². The van der Waals surface area contributed by atoms with Gasteiger partial charge in [0.15, 0.2) is 0 Å². The van der Waals surface area contributed by atoms with E-state index in [2.05, 4.69) is 5.10 Å². The highest BCUT2D eigenvalue weighted by atomic mass is 35.5. The Morgan fingerprint density at radius 3 is 2.37 bits per heavy atom. The predicted molar refractivity (Wildman–Crippen MR) is 71.0 cm³/mol. The van der Waals surface area contributed by atoms with Crippen molar-refractivity contribution in [2.75, 3.05) is 0 Å². The van der Waals surface area contributed by atoms with E-state index >= 15 is 0 Å². The molecule has 0 saturated carbocycles. The Labute approximate surface area is 118 Å². The van der Waals surface area contributed by atoms with Crippen molar-refractivity contribution in [3.8, 4) is 5.69 Å². The van der Waals surface area contributed by atoms with E-state index in [4.69, 9.17) is 27.8 Å². The van der Waals surface area contributed by atoms with E-state index < -0.39 is 15.0 Å². The molecule has 1 heterocycles. The number of aromatic nitrogens is 2. The Kier molecular flexibility index (Phi) is 3.48. The van der Waals surface area contributed by atoms with Crippen LogP contribution < -0.4 is 5.56 Å². The monoisotopic (exact) mass is 322 g/mol. The number of nitrogens with zero attached hydrogens (tertiary/aromatic N) is 1. The summed E-state index contributed by atoms with van der Waals surface area (Å²) in [4.78, 5) is 11.1.